The van der Waals surface area contributed by atoms with Crippen molar-refractivity contribution in [2.75, 3.05) is 6.61 Å². The van der Waals surface area contributed by atoms with E-state index in [0.717, 1.165) is 48.3 Å². The molecule has 6 heteroatoms. The normalized spacial score (nSPS) is 14.8. The van der Waals surface area contributed by atoms with Crippen molar-refractivity contribution in [2.45, 2.75) is 66.0 Å². The van der Waals surface area contributed by atoms with E-state index in [1.807, 2.05) is 30.9 Å². The zero-order valence-electron chi connectivity index (χ0n) is 17.0. The Hall–Kier alpha value is -2.50. The highest BCUT2D eigenvalue weighted by molar-refractivity contribution is 5.90. The van der Waals surface area contributed by atoms with Crippen LogP contribution in [0.2, 0.25) is 0 Å². The van der Waals surface area contributed by atoms with Gasteiger partial charge in [0.05, 0.1) is 19.4 Å². The van der Waals surface area contributed by atoms with E-state index in [-0.39, 0.29) is 17.8 Å². The molecule has 0 unspecified atom stereocenters. The fourth-order valence-electron chi connectivity index (χ4n) is 4.03. The molecule has 0 aliphatic heterocycles. The maximum atomic E-state index is 13.3. The van der Waals surface area contributed by atoms with Gasteiger partial charge >= 0.3 is 5.97 Å². The molecular weight excluding hydrogens is 356 g/mol. The molecule has 6 nitrogen and oxygen atoms in total. The summed E-state index contributed by atoms with van der Waals surface area (Å²) >= 11 is 0. The van der Waals surface area contributed by atoms with Gasteiger partial charge in [-0.1, -0.05) is 19.3 Å². The molecule has 1 fully saturated rings. The number of ether oxygens (including phenoxy) is 1. The van der Waals surface area contributed by atoms with Crippen LogP contribution in [0.25, 0.3) is 0 Å². The number of carbonyl (C=O) groups excluding carboxylic acids is 2. The molecule has 0 bridgehead atoms. The molecule has 1 N–H and O–H groups in total. The van der Waals surface area contributed by atoms with E-state index in [1.54, 1.807) is 13.2 Å². The lowest BCUT2D eigenvalue weighted by Crippen LogP contribution is -2.36. The fraction of sp³-hybridized carbons (Fsp3) is 0.545. The molecule has 0 spiro atoms. The molecule has 0 radical (unpaired) electrons. The van der Waals surface area contributed by atoms with Gasteiger partial charge in [-0.2, -0.15) is 0 Å². The lowest BCUT2D eigenvalue weighted by atomic mass is 9.88. The maximum Gasteiger partial charge on any atom is 0.355 e. The molecule has 2 heterocycles. The van der Waals surface area contributed by atoms with E-state index in [2.05, 4.69) is 4.98 Å². The Morgan fingerprint density at radius 2 is 1.96 bits per heavy atom. The first-order valence-electron chi connectivity index (χ1n) is 10.2. The highest BCUT2D eigenvalue weighted by Gasteiger charge is 2.28. The van der Waals surface area contributed by atoms with Gasteiger partial charge in [0.15, 0.2) is 0 Å². The summed E-state index contributed by atoms with van der Waals surface area (Å²) in [7, 11) is 0. The molecular formula is C22H30N2O4. The van der Waals surface area contributed by atoms with Gasteiger partial charge in [0.1, 0.15) is 11.5 Å². The van der Waals surface area contributed by atoms with Crippen molar-refractivity contribution in [2.24, 2.45) is 5.92 Å². The van der Waals surface area contributed by atoms with Gasteiger partial charge in [-0.05, 0) is 56.9 Å². The number of esters is 1. The van der Waals surface area contributed by atoms with E-state index in [4.69, 9.17) is 9.15 Å². The average molecular weight is 386 g/mol. The van der Waals surface area contributed by atoms with Crippen LogP contribution >= 0.6 is 0 Å². The van der Waals surface area contributed by atoms with Crippen molar-refractivity contribution in [3.05, 3.63) is 46.7 Å². The molecule has 2 aromatic heterocycles. The average Bonchev–Trinajstić information content (AvgIpc) is 3.31. The quantitative estimate of drug-likeness (QED) is 0.711. The van der Waals surface area contributed by atoms with Crippen LogP contribution < -0.4 is 0 Å². The molecule has 28 heavy (non-hydrogen) atoms. The molecule has 1 aliphatic rings. The topological polar surface area (TPSA) is 75.5 Å². The summed E-state index contributed by atoms with van der Waals surface area (Å²) in [6.07, 6.45) is 6.96. The third-order valence-corrected chi connectivity index (χ3v) is 5.61. The third-order valence-electron chi connectivity index (χ3n) is 5.61. The summed E-state index contributed by atoms with van der Waals surface area (Å²) in [5.74, 6) is 0.660. The highest BCUT2D eigenvalue weighted by Crippen LogP contribution is 2.28. The number of aromatic nitrogens is 1. The predicted octanol–water partition coefficient (Wildman–Crippen LogP) is 4.51. The second kappa shape index (κ2) is 9.13. The van der Waals surface area contributed by atoms with Crippen LogP contribution in [-0.4, -0.2) is 28.4 Å². The van der Waals surface area contributed by atoms with Gasteiger partial charge in [-0.3, -0.25) is 4.79 Å². The molecule has 0 aromatic carbocycles. The largest absolute Gasteiger partial charge is 0.467 e. The number of rotatable bonds is 7. The Bertz CT molecular complexity index is 801. The van der Waals surface area contributed by atoms with Gasteiger partial charge < -0.3 is 19.0 Å². The minimum atomic E-state index is -0.356. The number of nitrogens with zero attached hydrogens (tertiary/aromatic N) is 1. The number of carbonyl (C=O) groups is 2. The van der Waals surface area contributed by atoms with Gasteiger partial charge in [-0.25, -0.2) is 4.79 Å². The van der Waals surface area contributed by atoms with Crippen molar-refractivity contribution in [1.82, 2.24) is 9.88 Å². The highest BCUT2D eigenvalue weighted by atomic mass is 16.5. The SMILES string of the molecule is CCOC(=O)c1[nH]c(C)c(CN(Cc2ccco2)C(=O)C2CCCCC2)c1C. The number of hydrogen-bond donors (Lipinski definition) is 1. The van der Waals surface area contributed by atoms with Crippen molar-refractivity contribution in [3.8, 4) is 0 Å². The van der Waals surface area contributed by atoms with E-state index >= 15 is 0 Å². The van der Waals surface area contributed by atoms with Crippen LogP contribution in [0.1, 0.15) is 72.1 Å². The second-order valence-electron chi connectivity index (χ2n) is 7.56. The lowest BCUT2D eigenvalue weighted by molar-refractivity contribution is -0.138. The lowest BCUT2D eigenvalue weighted by Gasteiger charge is -2.29. The molecule has 0 saturated heterocycles. The predicted molar refractivity (Wildman–Crippen MR) is 106 cm³/mol. The molecule has 152 valence electrons. The smallest absolute Gasteiger partial charge is 0.355 e. The Morgan fingerprint density at radius 1 is 1.21 bits per heavy atom. The van der Waals surface area contributed by atoms with Gasteiger partial charge in [0.25, 0.3) is 0 Å². The maximum absolute atomic E-state index is 13.3. The van der Waals surface area contributed by atoms with Crippen LogP contribution in [0, 0.1) is 19.8 Å². The first-order chi connectivity index (χ1) is 13.5. The van der Waals surface area contributed by atoms with Crippen LogP contribution in [0.15, 0.2) is 22.8 Å². The molecule has 1 aliphatic carbocycles. The van der Waals surface area contributed by atoms with Gasteiger partial charge in [-0.15, -0.1) is 0 Å². The molecule has 0 atom stereocenters. The number of aryl methyl sites for hydroxylation is 1. The molecule has 1 amide bonds. The first-order valence-corrected chi connectivity index (χ1v) is 10.2. The van der Waals surface area contributed by atoms with Crippen LogP contribution in [0.3, 0.4) is 0 Å². The molecule has 1 saturated carbocycles. The first kappa shape index (κ1) is 20.2. The van der Waals surface area contributed by atoms with E-state index in [9.17, 15) is 9.59 Å². The summed E-state index contributed by atoms with van der Waals surface area (Å²) < 4.78 is 10.6. The summed E-state index contributed by atoms with van der Waals surface area (Å²) in [4.78, 5) is 30.5. The van der Waals surface area contributed by atoms with Crippen LogP contribution in [0.5, 0.6) is 0 Å². The summed E-state index contributed by atoms with van der Waals surface area (Å²) in [5.41, 5.74) is 3.18. The standard InChI is InChI=1S/C22H30N2O4/c1-4-27-22(26)20-15(2)19(16(3)23-20)14-24(13-18-11-8-12-28-18)21(25)17-9-6-5-7-10-17/h8,11-12,17,23H,4-7,9-10,13-14H2,1-3H3. The number of nitrogens with one attached hydrogen (secondary N) is 1. The summed E-state index contributed by atoms with van der Waals surface area (Å²) in [5, 5.41) is 0. The molecule has 3 rings (SSSR count). The van der Waals surface area contributed by atoms with Gasteiger partial charge in [0.2, 0.25) is 5.91 Å². The second-order valence-corrected chi connectivity index (χ2v) is 7.56. The number of hydrogen-bond acceptors (Lipinski definition) is 4. The number of H-pyrrole nitrogens is 1. The minimum absolute atomic E-state index is 0.0767. The number of furan rings is 1. The van der Waals surface area contributed by atoms with Crippen molar-refractivity contribution in [3.63, 3.8) is 0 Å². The Balaban J connectivity index is 1.84. The summed E-state index contributed by atoms with van der Waals surface area (Å²) in [6, 6.07) is 3.73. The zero-order valence-corrected chi connectivity index (χ0v) is 17.0. The Kier molecular flexibility index (Phi) is 6.60. The minimum Gasteiger partial charge on any atom is -0.467 e. The number of amides is 1. The number of aromatic amines is 1. The Labute approximate surface area is 166 Å². The fourth-order valence-corrected chi connectivity index (χ4v) is 4.03. The monoisotopic (exact) mass is 386 g/mol. The molecule has 2 aromatic rings. The van der Waals surface area contributed by atoms with Gasteiger partial charge in [0, 0.05) is 18.2 Å². The van der Waals surface area contributed by atoms with E-state index < -0.39 is 0 Å². The van der Waals surface area contributed by atoms with Crippen molar-refractivity contribution in [1.29, 1.82) is 0 Å². The van der Waals surface area contributed by atoms with Crippen LogP contribution in [-0.2, 0) is 22.6 Å². The summed E-state index contributed by atoms with van der Waals surface area (Å²) in [6.45, 7) is 6.83. The van der Waals surface area contributed by atoms with E-state index in [1.165, 1.54) is 6.42 Å². The van der Waals surface area contributed by atoms with Crippen LogP contribution in [0.4, 0.5) is 0 Å². The Morgan fingerprint density at radius 3 is 2.61 bits per heavy atom. The van der Waals surface area contributed by atoms with Crippen molar-refractivity contribution >= 4 is 11.9 Å². The third kappa shape index (κ3) is 4.49. The van der Waals surface area contributed by atoms with Crippen molar-refractivity contribution < 1.29 is 18.7 Å². The van der Waals surface area contributed by atoms with E-state index in [0.29, 0.717) is 25.4 Å². The zero-order chi connectivity index (χ0) is 20.1.